The van der Waals surface area contributed by atoms with Gasteiger partial charge in [-0.15, -0.1) is 0 Å². The summed E-state index contributed by atoms with van der Waals surface area (Å²) in [7, 11) is 3.98. The minimum Gasteiger partial charge on any atom is -0.486 e. The number of hydrogen-bond donors (Lipinski definition) is 0. The van der Waals surface area contributed by atoms with Crippen molar-refractivity contribution in [2.45, 2.75) is 6.61 Å². The topological polar surface area (TPSA) is 59.7 Å². The highest BCUT2D eigenvalue weighted by Crippen LogP contribution is 2.14. The summed E-state index contributed by atoms with van der Waals surface area (Å²) in [6.45, 7) is 0.126. The molecule has 0 saturated heterocycles. The van der Waals surface area contributed by atoms with Gasteiger partial charge in [0.05, 0.1) is 17.1 Å². The number of rotatable bonds is 6. The van der Waals surface area contributed by atoms with E-state index in [0.29, 0.717) is 22.5 Å². The van der Waals surface area contributed by atoms with Crippen LogP contribution in [0.1, 0.15) is 11.4 Å². The fourth-order valence-electron chi connectivity index (χ4n) is 3.03. The molecular formula is C24H22N4O2. The number of fused-ring (bicyclic) bond motifs is 1. The lowest BCUT2D eigenvalue weighted by Crippen LogP contribution is -2.23. The highest BCUT2D eigenvalue weighted by atomic mass is 16.5. The molecule has 0 spiro atoms. The van der Waals surface area contributed by atoms with Gasteiger partial charge in [0.1, 0.15) is 12.4 Å². The van der Waals surface area contributed by atoms with Gasteiger partial charge in [0.25, 0.3) is 5.56 Å². The standard InChI is InChI=1S/C24H22N4O2/c1-27(2)19-14-12-18(13-15-19)16-25-28-23(17-30-20-8-4-3-5-9-20)26-22-11-7-6-10-21(22)24(28)29/h3-16H,17H2,1-2H3. The average molecular weight is 398 g/mol. The number of aromatic nitrogens is 2. The second-order valence-electron chi connectivity index (χ2n) is 6.99. The maximum absolute atomic E-state index is 13.1. The molecule has 6 nitrogen and oxygen atoms in total. The molecule has 0 unspecified atom stereocenters. The molecule has 0 aliphatic heterocycles. The van der Waals surface area contributed by atoms with Crippen molar-refractivity contribution in [2.75, 3.05) is 19.0 Å². The summed E-state index contributed by atoms with van der Waals surface area (Å²) in [6, 6.07) is 24.6. The van der Waals surface area contributed by atoms with Gasteiger partial charge in [0.15, 0.2) is 5.82 Å². The maximum Gasteiger partial charge on any atom is 0.282 e. The molecule has 4 aromatic rings. The first-order chi connectivity index (χ1) is 14.6. The van der Waals surface area contributed by atoms with E-state index in [1.807, 2.05) is 91.8 Å². The van der Waals surface area contributed by atoms with E-state index in [2.05, 4.69) is 10.1 Å². The molecular weight excluding hydrogens is 376 g/mol. The summed E-state index contributed by atoms with van der Waals surface area (Å²) in [5, 5.41) is 4.95. The van der Waals surface area contributed by atoms with Crippen molar-refractivity contribution in [3.63, 3.8) is 0 Å². The van der Waals surface area contributed by atoms with Crippen LogP contribution >= 0.6 is 0 Å². The van der Waals surface area contributed by atoms with Crippen LogP contribution in [-0.4, -0.2) is 30.0 Å². The Morgan fingerprint density at radius 3 is 2.40 bits per heavy atom. The Hall–Kier alpha value is -3.93. The number of nitrogens with zero attached hydrogens (tertiary/aromatic N) is 4. The number of benzene rings is 3. The molecule has 30 heavy (non-hydrogen) atoms. The molecule has 0 radical (unpaired) electrons. The second-order valence-corrected chi connectivity index (χ2v) is 6.99. The Morgan fingerprint density at radius 1 is 0.967 bits per heavy atom. The molecule has 1 aromatic heterocycles. The van der Waals surface area contributed by atoms with Crippen LogP contribution in [0, 0.1) is 0 Å². The summed E-state index contributed by atoms with van der Waals surface area (Å²) in [5.74, 6) is 1.14. The van der Waals surface area contributed by atoms with E-state index in [9.17, 15) is 4.79 Å². The van der Waals surface area contributed by atoms with Crippen LogP contribution in [0.5, 0.6) is 5.75 Å². The van der Waals surface area contributed by atoms with Crippen molar-refractivity contribution < 1.29 is 4.74 Å². The van der Waals surface area contributed by atoms with Crippen molar-refractivity contribution in [3.8, 4) is 5.75 Å². The first-order valence-electron chi connectivity index (χ1n) is 9.62. The zero-order valence-corrected chi connectivity index (χ0v) is 16.9. The molecule has 0 N–H and O–H groups in total. The Morgan fingerprint density at radius 2 is 1.67 bits per heavy atom. The maximum atomic E-state index is 13.1. The largest absolute Gasteiger partial charge is 0.486 e. The van der Waals surface area contributed by atoms with Crippen LogP contribution in [0.25, 0.3) is 10.9 Å². The third kappa shape index (κ3) is 4.22. The third-order valence-electron chi connectivity index (χ3n) is 4.66. The van der Waals surface area contributed by atoms with Crippen molar-refractivity contribution in [1.29, 1.82) is 0 Å². The molecule has 0 fully saturated rings. The van der Waals surface area contributed by atoms with Crippen molar-refractivity contribution in [1.82, 2.24) is 9.66 Å². The van der Waals surface area contributed by atoms with Gasteiger partial charge in [0.2, 0.25) is 0 Å². The molecule has 0 amide bonds. The van der Waals surface area contributed by atoms with E-state index in [4.69, 9.17) is 4.74 Å². The quantitative estimate of drug-likeness (QED) is 0.462. The van der Waals surface area contributed by atoms with E-state index in [1.165, 1.54) is 4.68 Å². The van der Waals surface area contributed by atoms with Gasteiger partial charge in [-0.05, 0) is 42.0 Å². The van der Waals surface area contributed by atoms with Gasteiger partial charge in [-0.3, -0.25) is 4.79 Å². The number of ether oxygens (including phenoxy) is 1. The van der Waals surface area contributed by atoms with Crippen LogP contribution in [-0.2, 0) is 6.61 Å². The lowest BCUT2D eigenvalue weighted by molar-refractivity contribution is 0.289. The lowest BCUT2D eigenvalue weighted by atomic mass is 10.2. The predicted molar refractivity (Wildman–Crippen MR) is 121 cm³/mol. The Bertz CT molecular complexity index is 1230. The van der Waals surface area contributed by atoms with Crippen molar-refractivity contribution in [2.24, 2.45) is 5.10 Å². The number of para-hydroxylation sites is 2. The van der Waals surface area contributed by atoms with Crippen LogP contribution in [0.3, 0.4) is 0 Å². The van der Waals surface area contributed by atoms with E-state index >= 15 is 0 Å². The van der Waals surface area contributed by atoms with Crippen molar-refractivity contribution >= 4 is 22.8 Å². The summed E-state index contributed by atoms with van der Waals surface area (Å²) < 4.78 is 7.14. The first-order valence-corrected chi connectivity index (χ1v) is 9.62. The fourth-order valence-corrected chi connectivity index (χ4v) is 3.03. The number of hydrogen-bond acceptors (Lipinski definition) is 5. The molecule has 0 aliphatic carbocycles. The summed E-state index contributed by atoms with van der Waals surface area (Å²) in [4.78, 5) is 19.7. The number of anilines is 1. The normalized spacial score (nSPS) is 11.1. The minimum absolute atomic E-state index is 0.126. The first kappa shape index (κ1) is 19.4. The molecule has 150 valence electrons. The summed E-state index contributed by atoms with van der Waals surface area (Å²) >= 11 is 0. The molecule has 0 aliphatic rings. The summed E-state index contributed by atoms with van der Waals surface area (Å²) in [5.41, 5.74) is 2.37. The van der Waals surface area contributed by atoms with E-state index in [0.717, 1.165) is 11.3 Å². The lowest BCUT2D eigenvalue weighted by Gasteiger charge is -2.12. The van der Waals surface area contributed by atoms with E-state index < -0.39 is 0 Å². The summed E-state index contributed by atoms with van der Waals surface area (Å²) in [6.07, 6.45) is 1.66. The average Bonchev–Trinajstić information content (AvgIpc) is 2.78. The zero-order valence-electron chi connectivity index (χ0n) is 16.9. The van der Waals surface area contributed by atoms with Gasteiger partial charge in [-0.25, -0.2) is 4.98 Å². The van der Waals surface area contributed by atoms with Gasteiger partial charge < -0.3 is 9.64 Å². The van der Waals surface area contributed by atoms with E-state index in [-0.39, 0.29) is 12.2 Å². The monoisotopic (exact) mass is 398 g/mol. The van der Waals surface area contributed by atoms with Crippen LogP contribution in [0.2, 0.25) is 0 Å². The molecule has 4 rings (SSSR count). The van der Waals surface area contributed by atoms with Crippen molar-refractivity contribution in [3.05, 3.63) is 101 Å². The fraction of sp³-hybridized carbons (Fsp3) is 0.125. The molecule has 0 atom stereocenters. The Balaban J connectivity index is 1.70. The molecule has 3 aromatic carbocycles. The smallest absolute Gasteiger partial charge is 0.282 e. The highest BCUT2D eigenvalue weighted by Gasteiger charge is 2.11. The van der Waals surface area contributed by atoms with Gasteiger partial charge in [-0.1, -0.05) is 42.5 Å². The van der Waals surface area contributed by atoms with Gasteiger partial charge in [-0.2, -0.15) is 9.78 Å². The molecule has 6 heteroatoms. The molecule has 1 heterocycles. The van der Waals surface area contributed by atoms with Crippen LogP contribution < -0.4 is 15.2 Å². The van der Waals surface area contributed by atoms with Crippen LogP contribution in [0.15, 0.2) is 88.8 Å². The minimum atomic E-state index is -0.228. The van der Waals surface area contributed by atoms with E-state index in [1.54, 1.807) is 12.3 Å². The second kappa shape index (κ2) is 8.61. The SMILES string of the molecule is CN(C)c1ccc(C=Nn2c(COc3ccccc3)nc3ccccc3c2=O)cc1. The highest BCUT2D eigenvalue weighted by molar-refractivity contribution is 5.81. The molecule has 0 saturated carbocycles. The Labute approximate surface area is 174 Å². The van der Waals surface area contributed by atoms with Gasteiger partial charge in [0, 0.05) is 19.8 Å². The van der Waals surface area contributed by atoms with Crippen LogP contribution in [0.4, 0.5) is 5.69 Å². The zero-order chi connectivity index (χ0) is 20.9. The Kier molecular flexibility index (Phi) is 5.57. The molecule has 0 bridgehead atoms. The van der Waals surface area contributed by atoms with Gasteiger partial charge >= 0.3 is 0 Å². The third-order valence-corrected chi connectivity index (χ3v) is 4.66. The predicted octanol–water partition coefficient (Wildman–Crippen LogP) is 3.92.